The fraction of sp³-hybridized carbons (Fsp3) is 0.333. The third kappa shape index (κ3) is 3.85. The van der Waals surface area contributed by atoms with Crippen molar-refractivity contribution in [3.05, 3.63) is 49.0 Å². The Morgan fingerprint density at radius 3 is 2.60 bits per heavy atom. The molecule has 1 aromatic carbocycles. The zero-order valence-corrected chi connectivity index (χ0v) is 15.8. The minimum absolute atomic E-state index is 0.344. The van der Waals surface area contributed by atoms with Crippen LogP contribution in [0, 0.1) is 0 Å². The van der Waals surface area contributed by atoms with Gasteiger partial charge in [0.1, 0.15) is 0 Å². The quantitative estimate of drug-likeness (QED) is 0.719. The maximum absolute atomic E-state index is 3.67. The normalized spacial score (nSPS) is 12.4. The van der Waals surface area contributed by atoms with Gasteiger partial charge in [-0.3, -0.25) is 0 Å². The summed E-state index contributed by atoms with van der Waals surface area (Å²) in [5.74, 6) is 0. The molecular formula is C15H18Br2N2S. The highest BCUT2D eigenvalue weighted by Gasteiger charge is 2.10. The molecule has 108 valence electrons. The van der Waals surface area contributed by atoms with Crippen molar-refractivity contribution in [3.63, 3.8) is 0 Å². The largest absolute Gasteiger partial charge is 0.369 e. The zero-order valence-electron chi connectivity index (χ0n) is 11.8. The third-order valence-electron chi connectivity index (χ3n) is 3.34. The van der Waals surface area contributed by atoms with Crippen molar-refractivity contribution >= 4 is 48.9 Å². The van der Waals surface area contributed by atoms with Gasteiger partial charge in [0.15, 0.2) is 0 Å². The van der Waals surface area contributed by atoms with Gasteiger partial charge in [0.2, 0.25) is 0 Å². The van der Waals surface area contributed by atoms with Gasteiger partial charge in [-0.2, -0.15) is 0 Å². The lowest BCUT2D eigenvalue weighted by Gasteiger charge is -2.21. The van der Waals surface area contributed by atoms with E-state index >= 15 is 0 Å². The first-order chi connectivity index (χ1) is 9.51. The Hall–Kier alpha value is -0.360. The number of nitrogens with one attached hydrogen (secondary N) is 1. The number of hydrogen-bond donors (Lipinski definition) is 1. The molecule has 1 aromatic heterocycles. The van der Waals surface area contributed by atoms with Crippen LogP contribution in [0.15, 0.2) is 38.6 Å². The summed E-state index contributed by atoms with van der Waals surface area (Å²) in [7, 11) is 4.10. The molecule has 0 saturated heterocycles. The second-order valence-corrected chi connectivity index (χ2v) is 7.57. The summed E-state index contributed by atoms with van der Waals surface area (Å²) >= 11 is 8.95. The number of nitrogens with zero attached hydrogens (tertiary/aromatic N) is 1. The number of thiophene rings is 1. The standard InChI is InChI=1S/C15H18Br2N2S/c1-10(18-2)14-5-4-12(7-15(14)17)19(3)8-13-6-11(16)9-20-13/h4-7,9-10,18H,8H2,1-3H3. The summed E-state index contributed by atoms with van der Waals surface area (Å²) in [6, 6.07) is 9.06. The van der Waals surface area contributed by atoms with Gasteiger partial charge in [0, 0.05) is 38.0 Å². The maximum atomic E-state index is 3.67. The molecule has 0 spiro atoms. The Labute approximate surface area is 141 Å². The summed E-state index contributed by atoms with van der Waals surface area (Å²) in [5.41, 5.74) is 2.50. The molecule has 2 nitrogen and oxygen atoms in total. The molecule has 1 atom stereocenters. The number of halogens is 2. The van der Waals surface area contributed by atoms with Crippen molar-refractivity contribution in [1.29, 1.82) is 0 Å². The third-order valence-corrected chi connectivity index (χ3v) is 5.71. The highest BCUT2D eigenvalue weighted by atomic mass is 79.9. The van der Waals surface area contributed by atoms with E-state index in [-0.39, 0.29) is 0 Å². The average molecular weight is 418 g/mol. The molecular weight excluding hydrogens is 400 g/mol. The number of anilines is 1. The highest BCUT2D eigenvalue weighted by molar-refractivity contribution is 9.10. The Balaban J connectivity index is 2.14. The molecule has 1 unspecified atom stereocenters. The highest BCUT2D eigenvalue weighted by Crippen LogP contribution is 2.29. The topological polar surface area (TPSA) is 15.3 Å². The lowest BCUT2D eigenvalue weighted by molar-refractivity contribution is 0.649. The molecule has 1 heterocycles. The first-order valence-electron chi connectivity index (χ1n) is 6.42. The van der Waals surface area contributed by atoms with Gasteiger partial charge in [-0.05, 0) is 53.7 Å². The van der Waals surface area contributed by atoms with Crippen molar-refractivity contribution in [1.82, 2.24) is 5.32 Å². The van der Waals surface area contributed by atoms with Gasteiger partial charge in [-0.25, -0.2) is 0 Å². The van der Waals surface area contributed by atoms with Crippen LogP contribution in [-0.2, 0) is 6.54 Å². The summed E-state index contributed by atoms with van der Waals surface area (Å²) in [6.07, 6.45) is 0. The molecule has 0 saturated carbocycles. The predicted molar refractivity (Wildman–Crippen MR) is 95.7 cm³/mol. The fourth-order valence-corrected chi connectivity index (χ4v) is 4.24. The minimum atomic E-state index is 0.344. The smallest absolute Gasteiger partial charge is 0.0519 e. The van der Waals surface area contributed by atoms with Gasteiger partial charge in [0.25, 0.3) is 0 Å². The molecule has 2 rings (SSSR count). The van der Waals surface area contributed by atoms with Crippen molar-refractivity contribution in [2.75, 3.05) is 19.0 Å². The molecule has 2 aromatic rings. The molecule has 0 radical (unpaired) electrons. The van der Waals surface area contributed by atoms with Crippen LogP contribution in [0.3, 0.4) is 0 Å². The van der Waals surface area contributed by atoms with Crippen molar-refractivity contribution in [2.45, 2.75) is 19.5 Å². The van der Waals surface area contributed by atoms with Crippen LogP contribution in [0.4, 0.5) is 5.69 Å². The first-order valence-corrected chi connectivity index (χ1v) is 8.88. The van der Waals surface area contributed by atoms with Crippen LogP contribution in [0.5, 0.6) is 0 Å². The molecule has 1 N–H and O–H groups in total. The number of benzene rings is 1. The number of rotatable bonds is 5. The second-order valence-electron chi connectivity index (χ2n) is 4.80. The molecule has 0 aliphatic carbocycles. The van der Waals surface area contributed by atoms with Crippen molar-refractivity contribution in [2.24, 2.45) is 0 Å². The second kappa shape index (κ2) is 7.07. The van der Waals surface area contributed by atoms with Gasteiger partial charge in [-0.1, -0.05) is 22.0 Å². The minimum Gasteiger partial charge on any atom is -0.369 e. The van der Waals surface area contributed by atoms with Crippen LogP contribution in [-0.4, -0.2) is 14.1 Å². The van der Waals surface area contributed by atoms with E-state index in [1.807, 2.05) is 7.05 Å². The van der Waals surface area contributed by atoms with E-state index in [1.54, 1.807) is 11.3 Å². The number of hydrogen-bond acceptors (Lipinski definition) is 3. The average Bonchev–Trinajstić information content (AvgIpc) is 2.83. The molecule has 0 amide bonds. The van der Waals surface area contributed by atoms with Crippen LogP contribution < -0.4 is 10.2 Å². The Kier molecular flexibility index (Phi) is 5.66. The molecule has 0 aliphatic rings. The summed E-state index contributed by atoms with van der Waals surface area (Å²) < 4.78 is 2.31. The van der Waals surface area contributed by atoms with Gasteiger partial charge >= 0.3 is 0 Å². The summed E-state index contributed by atoms with van der Waals surface area (Å²) in [5, 5.41) is 5.39. The summed E-state index contributed by atoms with van der Waals surface area (Å²) in [4.78, 5) is 3.61. The SMILES string of the molecule is CNC(C)c1ccc(N(C)Cc2cc(Br)cs2)cc1Br. The monoisotopic (exact) mass is 416 g/mol. The summed E-state index contributed by atoms with van der Waals surface area (Å²) in [6.45, 7) is 3.08. The van der Waals surface area contributed by atoms with Gasteiger partial charge in [0.05, 0.1) is 6.54 Å². The molecule has 5 heteroatoms. The molecule has 0 fully saturated rings. The van der Waals surface area contributed by atoms with E-state index in [4.69, 9.17) is 0 Å². The molecule has 0 bridgehead atoms. The van der Waals surface area contributed by atoms with E-state index in [1.165, 1.54) is 16.1 Å². The van der Waals surface area contributed by atoms with Crippen LogP contribution in [0.25, 0.3) is 0 Å². The van der Waals surface area contributed by atoms with Crippen LogP contribution in [0.1, 0.15) is 23.4 Å². The van der Waals surface area contributed by atoms with E-state index in [2.05, 4.69) is 85.7 Å². The van der Waals surface area contributed by atoms with Gasteiger partial charge in [-0.15, -0.1) is 11.3 Å². The first kappa shape index (κ1) is 16.0. The Morgan fingerprint density at radius 2 is 2.05 bits per heavy atom. The molecule has 0 aliphatic heterocycles. The van der Waals surface area contributed by atoms with Crippen LogP contribution in [0.2, 0.25) is 0 Å². The van der Waals surface area contributed by atoms with Crippen molar-refractivity contribution < 1.29 is 0 Å². The maximum Gasteiger partial charge on any atom is 0.0519 e. The van der Waals surface area contributed by atoms with Crippen molar-refractivity contribution in [3.8, 4) is 0 Å². The van der Waals surface area contributed by atoms with E-state index < -0.39 is 0 Å². The zero-order chi connectivity index (χ0) is 14.7. The van der Waals surface area contributed by atoms with Gasteiger partial charge < -0.3 is 10.2 Å². The Bertz CT molecular complexity index is 583. The van der Waals surface area contributed by atoms with Crippen LogP contribution >= 0.6 is 43.2 Å². The predicted octanol–water partition coefficient (Wildman–Crippen LogP) is 5.19. The Morgan fingerprint density at radius 1 is 1.30 bits per heavy atom. The van der Waals surface area contributed by atoms with E-state index in [0.717, 1.165) is 15.5 Å². The lowest BCUT2D eigenvalue weighted by atomic mass is 10.1. The van der Waals surface area contributed by atoms with E-state index in [9.17, 15) is 0 Å². The lowest BCUT2D eigenvalue weighted by Crippen LogP contribution is -2.17. The molecule has 20 heavy (non-hydrogen) atoms. The fourth-order valence-electron chi connectivity index (χ4n) is 2.02. The van der Waals surface area contributed by atoms with E-state index in [0.29, 0.717) is 6.04 Å².